The molecule has 1 atom stereocenters. The predicted octanol–water partition coefficient (Wildman–Crippen LogP) is 8.90. The lowest BCUT2D eigenvalue weighted by Crippen LogP contribution is -2.20. The highest BCUT2D eigenvalue weighted by molar-refractivity contribution is 8.00. The predicted molar refractivity (Wildman–Crippen MR) is 145 cm³/mol. The maximum Gasteiger partial charge on any atom is 0.242 e. The minimum Gasteiger partial charge on any atom is -0.507 e. The van der Waals surface area contributed by atoms with Crippen LogP contribution in [0.4, 0.5) is 14.5 Å². The van der Waals surface area contributed by atoms with Crippen molar-refractivity contribution < 1.29 is 18.7 Å². The molecule has 3 nitrogen and oxygen atoms in total. The molecule has 0 unspecified atom stereocenters. The lowest BCUT2D eigenvalue weighted by Gasteiger charge is -2.19. The average Bonchev–Trinajstić information content (AvgIpc) is 2.84. The van der Waals surface area contributed by atoms with Crippen molar-refractivity contribution in [3.8, 4) is 5.75 Å². The Morgan fingerprint density at radius 2 is 1.46 bits per heavy atom. The molecule has 1 amide bonds. The summed E-state index contributed by atoms with van der Waals surface area (Å²) in [4.78, 5) is 13.3. The molecule has 2 N–H and O–H groups in total. The molecule has 0 heterocycles. The number of aromatic hydroxyl groups is 1. The molecule has 0 aliphatic rings. The highest BCUT2D eigenvalue weighted by Gasteiger charge is 2.22. The number of benzene rings is 2. The standard InChI is InChI=1S/C29H41F2NO2S/c1-21-20-25(22(2)23(3)27(21)33)32-29(34)28(24-16-12-11-13-17-24)35-19-15-10-8-6-4-5-7-9-14-18-26(30)31/h11-13,16-17,20,26,28,33H,4-10,14-15,18-19H2,1-3H3,(H,32,34)/t28-/m0/s1. The molecular weight excluding hydrogens is 464 g/mol. The van der Waals surface area contributed by atoms with Crippen LogP contribution in [0.15, 0.2) is 36.4 Å². The lowest BCUT2D eigenvalue weighted by molar-refractivity contribution is -0.115. The van der Waals surface area contributed by atoms with Crippen molar-refractivity contribution in [2.75, 3.05) is 11.1 Å². The quantitative estimate of drug-likeness (QED) is 0.177. The molecule has 0 aliphatic carbocycles. The van der Waals surface area contributed by atoms with Crippen molar-refractivity contribution in [1.82, 2.24) is 0 Å². The Morgan fingerprint density at radius 1 is 0.886 bits per heavy atom. The SMILES string of the molecule is Cc1cc(NC(=O)[C@@H](SCCCCCCCCCCCC(F)F)c2ccccc2)c(C)c(C)c1O. The Labute approximate surface area is 214 Å². The van der Waals surface area contributed by atoms with Crippen molar-refractivity contribution in [2.45, 2.75) is 96.7 Å². The number of halogens is 2. The van der Waals surface area contributed by atoms with Gasteiger partial charge in [-0.05, 0) is 67.7 Å². The lowest BCUT2D eigenvalue weighted by atomic mass is 10.0. The van der Waals surface area contributed by atoms with Gasteiger partial charge >= 0.3 is 0 Å². The largest absolute Gasteiger partial charge is 0.507 e. The van der Waals surface area contributed by atoms with Gasteiger partial charge in [0.15, 0.2) is 0 Å². The van der Waals surface area contributed by atoms with Crippen molar-refractivity contribution >= 4 is 23.4 Å². The molecule has 0 aromatic heterocycles. The van der Waals surface area contributed by atoms with Gasteiger partial charge in [-0.3, -0.25) is 4.79 Å². The number of hydrogen-bond acceptors (Lipinski definition) is 3. The van der Waals surface area contributed by atoms with Crippen LogP contribution in [0.3, 0.4) is 0 Å². The number of aryl methyl sites for hydroxylation is 1. The molecule has 0 bridgehead atoms. The first-order valence-corrected chi connectivity index (χ1v) is 13.9. The monoisotopic (exact) mass is 505 g/mol. The Balaban J connectivity index is 1.78. The molecule has 2 aromatic carbocycles. The molecule has 0 fully saturated rings. The zero-order valence-corrected chi connectivity index (χ0v) is 22.2. The van der Waals surface area contributed by atoms with Gasteiger partial charge in [0.25, 0.3) is 0 Å². The Bertz CT molecular complexity index is 905. The molecule has 35 heavy (non-hydrogen) atoms. The third-order valence-electron chi connectivity index (χ3n) is 6.51. The summed E-state index contributed by atoms with van der Waals surface area (Å²) >= 11 is 1.68. The minimum absolute atomic E-state index is 0.0352. The fraction of sp³-hybridized carbons (Fsp3) is 0.552. The summed E-state index contributed by atoms with van der Waals surface area (Å²) in [6, 6.07) is 11.7. The number of phenols is 1. The number of carbonyl (C=O) groups is 1. The van der Waals surface area contributed by atoms with Crippen LogP contribution < -0.4 is 5.32 Å². The number of rotatable bonds is 16. The van der Waals surface area contributed by atoms with Gasteiger partial charge in [-0.2, -0.15) is 0 Å². The van der Waals surface area contributed by atoms with Crippen LogP contribution in [0, 0.1) is 20.8 Å². The van der Waals surface area contributed by atoms with E-state index in [-0.39, 0.29) is 23.3 Å². The number of carbonyl (C=O) groups excluding carboxylic acids is 1. The Hall–Kier alpha value is -2.08. The summed E-state index contributed by atoms with van der Waals surface area (Å²) in [5.74, 6) is 1.15. The van der Waals surface area contributed by atoms with E-state index >= 15 is 0 Å². The first kappa shape index (κ1) is 29.2. The van der Waals surface area contributed by atoms with Crippen LogP contribution in [-0.4, -0.2) is 23.2 Å². The second-order valence-electron chi connectivity index (χ2n) is 9.35. The third kappa shape index (κ3) is 10.2. The topological polar surface area (TPSA) is 49.3 Å². The normalized spacial score (nSPS) is 12.2. The molecule has 0 saturated carbocycles. The number of thioether (sulfide) groups is 1. The van der Waals surface area contributed by atoms with E-state index in [9.17, 15) is 18.7 Å². The Kier molecular flexibility index (Phi) is 13.2. The molecular formula is C29H41F2NO2S. The summed E-state index contributed by atoms with van der Waals surface area (Å²) in [6.07, 6.45) is 7.32. The zero-order valence-electron chi connectivity index (χ0n) is 21.4. The minimum atomic E-state index is -2.16. The number of unbranched alkanes of at least 4 members (excludes halogenated alkanes) is 8. The fourth-order valence-electron chi connectivity index (χ4n) is 4.19. The molecule has 0 aliphatic heterocycles. The van der Waals surface area contributed by atoms with E-state index in [1.54, 1.807) is 11.8 Å². The van der Waals surface area contributed by atoms with E-state index in [1.807, 2.05) is 57.2 Å². The first-order chi connectivity index (χ1) is 16.8. The molecule has 2 aromatic rings. The Morgan fingerprint density at radius 3 is 2.06 bits per heavy atom. The van der Waals surface area contributed by atoms with Gasteiger partial charge in [-0.1, -0.05) is 75.3 Å². The highest BCUT2D eigenvalue weighted by atomic mass is 32.2. The van der Waals surface area contributed by atoms with E-state index in [0.29, 0.717) is 6.42 Å². The van der Waals surface area contributed by atoms with E-state index in [2.05, 4.69) is 5.32 Å². The summed E-state index contributed by atoms with van der Waals surface area (Å²) in [6.45, 7) is 5.62. The van der Waals surface area contributed by atoms with Gasteiger partial charge in [-0.15, -0.1) is 11.8 Å². The molecule has 194 valence electrons. The fourth-order valence-corrected chi connectivity index (χ4v) is 5.35. The third-order valence-corrected chi connectivity index (χ3v) is 7.85. The van der Waals surface area contributed by atoms with Crippen LogP contribution >= 0.6 is 11.8 Å². The van der Waals surface area contributed by atoms with E-state index in [4.69, 9.17) is 0 Å². The number of amides is 1. The molecule has 0 saturated heterocycles. The molecule has 0 radical (unpaired) electrons. The van der Waals surface area contributed by atoms with Gasteiger partial charge < -0.3 is 10.4 Å². The van der Waals surface area contributed by atoms with Gasteiger partial charge in [0, 0.05) is 12.1 Å². The smallest absolute Gasteiger partial charge is 0.242 e. The summed E-state index contributed by atoms with van der Waals surface area (Å²) < 4.78 is 24.3. The highest BCUT2D eigenvalue weighted by Crippen LogP contribution is 2.34. The van der Waals surface area contributed by atoms with Crippen LogP contribution in [0.2, 0.25) is 0 Å². The van der Waals surface area contributed by atoms with Gasteiger partial charge in [0.2, 0.25) is 12.3 Å². The van der Waals surface area contributed by atoms with E-state index in [0.717, 1.165) is 65.8 Å². The van der Waals surface area contributed by atoms with Gasteiger partial charge in [0.1, 0.15) is 11.0 Å². The summed E-state index contributed by atoms with van der Waals surface area (Å²) in [5, 5.41) is 13.0. The first-order valence-electron chi connectivity index (χ1n) is 12.9. The number of nitrogens with one attached hydrogen (secondary N) is 1. The van der Waals surface area contributed by atoms with Gasteiger partial charge in [0.05, 0.1) is 0 Å². The van der Waals surface area contributed by atoms with Crippen molar-refractivity contribution in [2.24, 2.45) is 0 Å². The van der Waals surface area contributed by atoms with Crippen LogP contribution in [0.25, 0.3) is 0 Å². The van der Waals surface area contributed by atoms with Crippen molar-refractivity contribution in [3.63, 3.8) is 0 Å². The number of phenolic OH excluding ortho intramolecular Hbond substituents is 1. The number of hydrogen-bond donors (Lipinski definition) is 2. The van der Waals surface area contributed by atoms with Gasteiger partial charge in [-0.25, -0.2) is 8.78 Å². The van der Waals surface area contributed by atoms with Crippen LogP contribution in [-0.2, 0) is 4.79 Å². The molecule has 0 spiro atoms. The van der Waals surface area contributed by atoms with E-state index in [1.165, 1.54) is 19.3 Å². The summed E-state index contributed by atoms with van der Waals surface area (Å²) in [5.41, 5.74) is 4.16. The summed E-state index contributed by atoms with van der Waals surface area (Å²) in [7, 11) is 0. The zero-order chi connectivity index (χ0) is 25.6. The second kappa shape index (κ2) is 15.8. The van der Waals surface area contributed by atoms with Crippen molar-refractivity contribution in [1.29, 1.82) is 0 Å². The average molecular weight is 506 g/mol. The van der Waals surface area contributed by atoms with Crippen LogP contribution in [0.5, 0.6) is 5.75 Å². The number of anilines is 1. The maximum atomic E-state index is 13.3. The number of alkyl halides is 2. The maximum absolute atomic E-state index is 13.3. The van der Waals surface area contributed by atoms with E-state index < -0.39 is 6.43 Å². The second-order valence-corrected chi connectivity index (χ2v) is 10.6. The van der Waals surface area contributed by atoms with Crippen molar-refractivity contribution in [3.05, 3.63) is 58.7 Å². The molecule has 6 heteroatoms. The van der Waals surface area contributed by atoms with Crippen LogP contribution in [0.1, 0.15) is 91.7 Å². The molecule has 2 rings (SSSR count).